The molecule has 0 aliphatic carbocycles. The van der Waals surface area contributed by atoms with E-state index in [0.29, 0.717) is 28.0 Å². The first-order chi connectivity index (χ1) is 11.9. The predicted octanol–water partition coefficient (Wildman–Crippen LogP) is 1.25. The average molecular weight is 349 g/mol. The second-order valence-electron chi connectivity index (χ2n) is 5.34. The topological polar surface area (TPSA) is 115 Å². The van der Waals surface area contributed by atoms with Gasteiger partial charge in [-0.15, -0.1) is 0 Å². The van der Waals surface area contributed by atoms with Crippen molar-refractivity contribution in [2.24, 2.45) is 0 Å². The number of fused-ring (bicyclic) bond motifs is 1. The summed E-state index contributed by atoms with van der Waals surface area (Å²) in [7, 11) is 2.94. The molecule has 0 bridgehead atoms. The van der Waals surface area contributed by atoms with Crippen molar-refractivity contribution in [1.29, 1.82) is 0 Å². The van der Waals surface area contributed by atoms with E-state index in [4.69, 9.17) is 19.0 Å². The number of amides is 1. The Morgan fingerprint density at radius 3 is 2.56 bits per heavy atom. The molecule has 8 heteroatoms. The summed E-state index contributed by atoms with van der Waals surface area (Å²) in [6, 6.07) is 3.46. The van der Waals surface area contributed by atoms with Crippen LogP contribution in [0.25, 0.3) is 11.0 Å². The molecule has 2 aromatic rings. The minimum atomic E-state index is -1.13. The Balaban J connectivity index is 2.35. The standard InChI is InChI=1S/C17H19NO7/c1-9-10-4-6-12(23-2)16(24-3)15(10)25-17(22)11(9)5-7-13(19)18-8-14(20)21/h4,6H,5,7-8H2,1-3H3,(H,18,19)(H,20,21). The van der Waals surface area contributed by atoms with Crippen LogP contribution in [-0.2, 0) is 16.0 Å². The lowest BCUT2D eigenvalue weighted by Crippen LogP contribution is -2.29. The number of hydrogen-bond donors (Lipinski definition) is 2. The van der Waals surface area contributed by atoms with E-state index in [1.807, 2.05) is 0 Å². The van der Waals surface area contributed by atoms with Gasteiger partial charge in [-0.1, -0.05) is 0 Å². The van der Waals surface area contributed by atoms with Crippen molar-refractivity contribution in [3.8, 4) is 11.5 Å². The second-order valence-corrected chi connectivity index (χ2v) is 5.34. The number of nitrogens with one attached hydrogen (secondary N) is 1. The molecule has 134 valence electrons. The Labute approximate surface area is 143 Å². The number of ether oxygens (including phenoxy) is 2. The molecule has 1 amide bonds. The summed E-state index contributed by atoms with van der Waals surface area (Å²) in [6.45, 7) is 1.30. The van der Waals surface area contributed by atoms with Crippen molar-refractivity contribution < 1.29 is 28.6 Å². The molecule has 0 spiro atoms. The van der Waals surface area contributed by atoms with Gasteiger partial charge in [-0.05, 0) is 31.0 Å². The second kappa shape index (κ2) is 7.69. The summed E-state index contributed by atoms with van der Waals surface area (Å²) >= 11 is 0. The lowest BCUT2D eigenvalue weighted by molar-refractivity contribution is -0.137. The summed E-state index contributed by atoms with van der Waals surface area (Å²) in [5.74, 6) is -0.811. The third kappa shape index (κ3) is 3.90. The molecule has 1 aromatic heterocycles. The van der Waals surface area contributed by atoms with Crippen molar-refractivity contribution in [3.63, 3.8) is 0 Å². The third-order valence-electron chi connectivity index (χ3n) is 3.84. The Bertz CT molecular complexity index is 869. The van der Waals surface area contributed by atoms with Crippen LogP contribution in [0.3, 0.4) is 0 Å². The molecule has 1 heterocycles. The molecule has 25 heavy (non-hydrogen) atoms. The highest BCUT2D eigenvalue weighted by Gasteiger charge is 2.18. The molecule has 0 unspecified atom stereocenters. The summed E-state index contributed by atoms with van der Waals surface area (Å²) in [6.07, 6.45) is 0.127. The molecule has 0 saturated carbocycles. The Morgan fingerprint density at radius 1 is 1.24 bits per heavy atom. The first-order valence-corrected chi connectivity index (χ1v) is 7.54. The summed E-state index contributed by atoms with van der Waals surface area (Å²) in [4.78, 5) is 34.4. The molecule has 0 fully saturated rings. The monoisotopic (exact) mass is 349 g/mol. The number of aliphatic carboxylic acids is 1. The van der Waals surface area contributed by atoms with Crippen LogP contribution in [0, 0.1) is 6.92 Å². The molecule has 0 aliphatic heterocycles. The van der Waals surface area contributed by atoms with E-state index >= 15 is 0 Å². The van der Waals surface area contributed by atoms with E-state index < -0.39 is 24.0 Å². The van der Waals surface area contributed by atoms with Crippen molar-refractivity contribution in [2.75, 3.05) is 20.8 Å². The molecule has 2 rings (SSSR count). The quantitative estimate of drug-likeness (QED) is 0.723. The van der Waals surface area contributed by atoms with Crippen LogP contribution in [0.5, 0.6) is 11.5 Å². The third-order valence-corrected chi connectivity index (χ3v) is 3.84. The van der Waals surface area contributed by atoms with E-state index in [1.165, 1.54) is 14.2 Å². The van der Waals surface area contributed by atoms with Gasteiger partial charge in [-0.25, -0.2) is 4.79 Å². The first-order valence-electron chi connectivity index (χ1n) is 7.54. The highest BCUT2D eigenvalue weighted by atomic mass is 16.5. The van der Waals surface area contributed by atoms with Gasteiger partial charge in [0.15, 0.2) is 11.3 Å². The largest absolute Gasteiger partial charge is 0.493 e. The zero-order chi connectivity index (χ0) is 18.6. The molecule has 0 atom stereocenters. The predicted molar refractivity (Wildman–Crippen MR) is 89.3 cm³/mol. The number of carbonyl (C=O) groups excluding carboxylic acids is 1. The van der Waals surface area contributed by atoms with Gasteiger partial charge in [0.2, 0.25) is 11.7 Å². The molecule has 1 aromatic carbocycles. The number of rotatable bonds is 7. The average Bonchev–Trinajstić information content (AvgIpc) is 2.58. The van der Waals surface area contributed by atoms with Crippen LogP contribution < -0.4 is 20.4 Å². The van der Waals surface area contributed by atoms with E-state index in [9.17, 15) is 14.4 Å². The molecule has 0 radical (unpaired) electrons. The first kappa shape index (κ1) is 18.3. The Hall–Kier alpha value is -3.03. The summed E-state index contributed by atoms with van der Waals surface area (Å²) in [5, 5.41) is 11.5. The number of carboxylic acid groups (broad SMARTS) is 1. The minimum absolute atomic E-state index is 0.0162. The normalized spacial score (nSPS) is 10.5. The van der Waals surface area contributed by atoms with E-state index in [1.54, 1.807) is 19.1 Å². The maximum Gasteiger partial charge on any atom is 0.339 e. The lowest BCUT2D eigenvalue weighted by atomic mass is 10.0. The smallest absolute Gasteiger partial charge is 0.339 e. The van der Waals surface area contributed by atoms with Crippen molar-refractivity contribution >= 4 is 22.8 Å². The van der Waals surface area contributed by atoms with Crippen molar-refractivity contribution in [2.45, 2.75) is 19.8 Å². The van der Waals surface area contributed by atoms with Gasteiger partial charge >= 0.3 is 11.6 Å². The SMILES string of the molecule is COc1ccc2c(C)c(CCC(=O)NCC(=O)O)c(=O)oc2c1OC. The van der Waals surface area contributed by atoms with Crippen LogP contribution >= 0.6 is 0 Å². The molecule has 8 nitrogen and oxygen atoms in total. The Morgan fingerprint density at radius 2 is 1.96 bits per heavy atom. The zero-order valence-electron chi connectivity index (χ0n) is 14.2. The van der Waals surface area contributed by atoms with Crippen molar-refractivity contribution in [1.82, 2.24) is 5.32 Å². The van der Waals surface area contributed by atoms with E-state index in [0.717, 1.165) is 0 Å². The van der Waals surface area contributed by atoms with Crippen molar-refractivity contribution in [3.05, 3.63) is 33.7 Å². The number of carboxylic acids is 1. The van der Waals surface area contributed by atoms with Gasteiger partial charge in [0.05, 0.1) is 14.2 Å². The van der Waals surface area contributed by atoms with Crippen LogP contribution in [0.4, 0.5) is 0 Å². The molecule has 0 saturated heterocycles. The fourth-order valence-electron chi connectivity index (χ4n) is 2.56. The molecule has 0 aliphatic rings. The highest BCUT2D eigenvalue weighted by molar-refractivity contribution is 5.88. The lowest BCUT2D eigenvalue weighted by Gasteiger charge is -2.12. The molecule has 2 N–H and O–H groups in total. The fraction of sp³-hybridized carbons (Fsp3) is 0.353. The van der Waals surface area contributed by atoms with Gasteiger partial charge in [-0.3, -0.25) is 9.59 Å². The zero-order valence-corrected chi connectivity index (χ0v) is 14.2. The van der Waals surface area contributed by atoms with E-state index in [2.05, 4.69) is 5.32 Å². The number of aryl methyl sites for hydroxylation is 1. The van der Waals surface area contributed by atoms with Gasteiger partial charge in [-0.2, -0.15) is 0 Å². The van der Waals surface area contributed by atoms with Crippen LogP contribution in [0.15, 0.2) is 21.3 Å². The maximum absolute atomic E-state index is 12.3. The van der Waals surface area contributed by atoms with E-state index in [-0.39, 0.29) is 18.4 Å². The number of methoxy groups -OCH3 is 2. The van der Waals surface area contributed by atoms with Crippen LogP contribution in [0.1, 0.15) is 17.5 Å². The molecular formula is C17H19NO7. The van der Waals surface area contributed by atoms with Crippen LogP contribution in [-0.4, -0.2) is 37.7 Å². The maximum atomic E-state index is 12.3. The summed E-state index contributed by atoms with van der Waals surface area (Å²) in [5.41, 5.74) is 0.759. The summed E-state index contributed by atoms with van der Waals surface area (Å²) < 4.78 is 15.8. The fourth-order valence-corrected chi connectivity index (χ4v) is 2.56. The highest BCUT2D eigenvalue weighted by Crippen LogP contribution is 2.36. The Kier molecular flexibility index (Phi) is 5.63. The van der Waals surface area contributed by atoms with Crippen LogP contribution in [0.2, 0.25) is 0 Å². The molecular weight excluding hydrogens is 330 g/mol. The van der Waals surface area contributed by atoms with Gasteiger partial charge in [0.1, 0.15) is 6.54 Å². The minimum Gasteiger partial charge on any atom is -0.493 e. The number of carbonyl (C=O) groups is 2. The van der Waals surface area contributed by atoms with Gasteiger partial charge in [0, 0.05) is 17.4 Å². The number of hydrogen-bond acceptors (Lipinski definition) is 6. The van der Waals surface area contributed by atoms with Gasteiger partial charge < -0.3 is 24.3 Å². The van der Waals surface area contributed by atoms with Gasteiger partial charge in [0.25, 0.3) is 0 Å². The number of benzene rings is 1.